The van der Waals surface area contributed by atoms with Crippen LogP contribution in [-0.4, -0.2) is 25.7 Å². The van der Waals surface area contributed by atoms with Crippen molar-refractivity contribution in [2.75, 3.05) is 25.1 Å². The first-order valence-corrected chi connectivity index (χ1v) is 9.10. The van der Waals surface area contributed by atoms with E-state index in [4.69, 9.17) is 14.2 Å². The average molecular weight is 406 g/mol. The van der Waals surface area contributed by atoms with Crippen LogP contribution in [0, 0.1) is 0 Å². The minimum Gasteiger partial charge on any atom is -0.494 e. The number of anilines is 1. The number of unbranched alkanes of at least 4 members (excludes halogenated alkanes) is 1. The molecule has 0 saturated heterocycles. The molecule has 5 nitrogen and oxygen atoms in total. The predicted molar refractivity (Wildman–Crippen MR) is 99.9 cm³/mol. The highest BCUT2D eigenvalue weighted by Gasteiger charge is 2.16. The number of halogens is 1. The molecular formula is C19H20BrNO4. The van der Waals surface area contributed by atoms with Gasteiger partial charge in [0.05, 0.1) is 12.3 Å². The Morgan fingerprint density at radius 3 is 2.52 bits per heavy atom. The van der Waals surface area contributed by atoms with Crippen LogP contribution in [0.15, 0.2) is 40.9 Å². The Kier molecular flexibility index (Phi) is 5.81. The van der Waals surface area contributed by atoms with Crippen LogP contribution in [0.25, 0.3) is 0 Å². The number of hydrogen-bond acceptors (Lipinski definition) is 4. The van der Waals surface area contributed by atoms with Crippen molar-refractivity contribution >= 4 is 27.5 Å². The third kappa shape index (κ3) is 4.45. The zero-order valence-corrected chi connectivity index (χ0v) is 15.6. The van der Waals surface area contributed by atoms with Crippen molar-refractivity contribution in [1.82, 2.24) is 0 Å². The van der Waals surface area contributed by atoms with E-state index in [1.165, 1.54) is 0 Å². The van der Waals surface area contributed by atoms with E-state index in [9.17, 15) is 4.79 Å². The van der Waals surface area contributed by atoms with E-state index >= 15 is 0 Å². The van der Waals surface area contributed by atoms with Crippen LogP contribution in [0.3, 0.4) is 0 Å². The molecule has 0 saturated carbocycles. The number of fused-ring (bicyclic) bond motifs is 1. The molecule has 0 atom stereocenters. The van der Waals surface area contributed by atoms with Crippen LogP contribution in [0.4, 0.5) is 5.69 Å². The molecule has 0 unspecified atom stereocenters. The first kappa shape index (κ1) is 17.6. The Balaban J connectivity index is 1.67. The summed E-state index contributed by atoms with van der Waals surface area (Å²) in [5.41, 5.74) is 1.20. The normalized spacial score (nSPS) is 12.6. The second-order valence-electron chi connectivity index (χ2n) is 5.66. The minimum absolute atomic E-state index is 0.197. The molecule has 1 heterocycles. The lowest BCUT2D eigenvalue weighted by Gasteiger charge is -2.20. The van der Waals surface area contributed by atoms with Gasteiger partial charge in [-0.2, -0.15) is 0 Å². The van der Waals surface area contributed by atoms with Crippen molar-refractivity contribution in [2.24, 2.45) is 0 Å². The summed E-state index contributed by atoms with van der Waals surface area (Å²) in [6, 6.07) is 10.7. The monoisotopic (exact) mass is 405 g/mol. The molecule has 132 valence electrons. The molecule has 0 radical (unpaired) electrons. The van der Waals surface area contributed by atoms with Gasteiger partial charge in [0, 0.05) is 22.2 Å². The Morgan fingerprint density at radius 2 is 1.84 bits per heavy atom. The molecule has 3 rings (SSSR count). The largest absolute Gasteiger partial charge is 0.494 e. The quantitative estimate of drug-likeness (QED) is 0.710. The van der Waals surface area contributed by atoms with Crippen LogP contribution >= 0.6 is 15.9 Å². The smallest absolute Gasteiger partial charge is 0.255 e. The van der Waals surface area contributed by atoms with Gasteiger partial charge in [0.2, 0.25) is 0 Å². The SMILES string of the molecule is CCCCOc1ccc(C(=O)Nc2cc3c(cc2Br)OCCO3)cc1. The van der Waals surface area contributed by atoms with Crippen molar-refractivity contribution in [3.63, 3.8) is 0 Å². The van der Waals surface area contributed by atoms with Crippen molar-refractivity contribution in [3.8, 4) is 17.2 Å². The van der Waals surface area contributed by atoms with Gasteiger partial charge < -0.3 is 19.5 Å². The van der Waals surface area contributed by atoms with Gasteiger partial charge in [0.25, 0.3) is 5.91 Å². The van der Waals surface area contributed by atoms with Crippen LogP contribution in [-0.2, 0) is 0 Å². The standard InChI is InChI=1S/C19H20BrNO4/c1-2-3-8-23-14-6-4-13(5-7-14)19(22)21-16-12-18-17(11-15(16)20)24-9-10-25-18/h4-7,11-12H,2-3,8-10H2,1H3,(H,21,22). The fourth-order valence-electron chi connectivity index (χ4n) is 2.39. The van der Waals surface area contributed by atoms with E-state index < -0.39 is 0 Å². The fourth-order valence-corrected chi connectivity index (χ4v) is 2.81. The number of hydrogen-bond donors (Lipinski definition) is 1. The zero-order chi connectivity index (χ0) is 17.6. The van der Waals surface area contributed by atoms with Crippen LogP contribution in [0.1, 0.15) is 30.1 Å². The maximum atomic E-state index is 12.5. The molecule has 2 aromatic carbocycles. The molecule has 25 heavy (non-hydrogen) atoms. The molecule has 2 aromatic rings. The maximum absolute atomic E-state index is 12.5. The van der Waals surface area contributed by atoms with Crippen LogP contribution in [0.5, 0.6) is 17.2 Å². The highest BCUT2D eigenvalue weighted by atomic mass is 79.9. The van der Waals surface area contributed by atoms with Crippen molar-refractivity contribution in [2.45, 2.75) is 19.8 Å². The van der Waals surface area contributed by atoms with Crippen molar-refractivity contribution < 1.29 is 19.0 Å². The molecular weight excluding hydrogens is 386 g/mol. The van der Waals surface area contributed by atoms with Gasteiger partial charge in [-0.25, -0.2) is 0 Å². The highest BCUT2D eigenvalue weighted by molar-refractivity contribution is 9.10. The number of benzene rings is 2. The van der Waals surface area contributed by atoms with E-state index in [1.807, 2.05) is 12.1 Å². The van der Waals surface area contributed by atoms with Crippen molar-refractivity contribution in [1.29, 1.82) is 0 Å². The minimum atomic E-state index is -0.197. The molecule has 0 aliphatic carbocycles. The molecule has 1 aliphatic rings. The van der Waals surface area contributed by atoms with Gasteiger partial charge in [-0.05, 0) is 46.6 Å². The molecule has 6 heteroatoms. The summed E-state index contributed by atoms with van der Waals surface area (Å²) in [4.78, 5) is 12.5. The summed E-state index contributed by atoms with van der Waals surface area (Å²) in [5, 5.41) is 2.89. The third-order valence-electron chi connectivity index (χ3n) is 3.76. The van der Waals surface area contributed by atoms with E-state index in [1.54, 1.807) is 24.3 Å². The van der Waals surface area contributed by atoms with E-state index in [0.717, 1.165) is 23.1 Å². The summed E-state index contributed by atoms with van der Waals surface area (Å²) < 4.78 is 17.4. The molecule has 0 fully saturated rings. The summed E-state index contributed by atoms with van der Waals surface area (Å²) in [7, 11) is 0. The van der Waals surface area contributed by atoms with E-state index in [-0.39, 0.29) is 5.91 Å². The Morgan fingerprint density at radius 1 is 1.16 bits per heavy atom. The lowest BCUT2D eigenvalue weighted by Crippen LogP contribution is -2.17. The molecule has 0 spiro atoms. The lowest BCUT2D eigenvalue weighted by molar-refractivity contribution is 0.102. The molecule has 0 bridgehead atoms. The molecule has 1 amide bonds. The lowest BCUT2D eigenvalue weighted by atomic mass is 10.2. The predicted octanol–water partition coefficient (Wildman–Crippen LogP) is 4.65. The first-order valence-electron chi connectivity index (χ1n) is 8.30. The Hall–Kier alpha value is -2.21. The molecule has 1 aliphatic heterocycles. The average Bonchev–Trinajstić information content (AvgIpc) is 2.63. The van der Waals surface area contributed by atoms with Gasteiger partial charge in [0.15, 0.2) is 11.5 Å². The maximum Gasteiger partial charge on any atom is 0.255 e. The van der Waals surface area contributed by atoms with Gasteiger partial charge in [-0.1, -0.05) is 13.3 Å². The molecule has 0 aromatic heterocycles. The number of carbonyl (C=O) groups excluding carboxylic acids is 1. The Bertz CT molecular complexity index is 746. The van der Waals surface area contributed by atoms with Crippen LogP contribution in [0.2, 0.25) is 0 Å². The van der Waals surface area contributed by atoms with E-state index in [0.29, 0.717) is 42.6 Å². The van der Waals surface area contributed by atoms with Gasteiger partial charge in [0.1, 0.15) is 19.0 Å². The van der Waals surface area contributed by atoms with Crippen molar-refractivity contribution in [3.05, 3.63) is 46.4 Å². The number of nitrogens with one attached hydrogen (secondary N) is 1. The zero-order valence-electron chi connectivity index (χ0n) is 14.0. The van der Waals surface area contributed by atoms with Gasteiger partial charge >= 0.3 is 0 Å². The number of carbonyl (C=O) groups is 1. The summed E-state index contributed by atoms with van der Waals surface area (Å²) in [6.45, 7) is 3.83. The van der Waals surface area contributed by atoms with Crippen LogP contribution < -0.4 is 19.5 Å². The second-order valence-corrected chi connectivity index (χ2v) is 6.51. The number of ether oxygens (including phenoxy) is 3. The third-order valence-corrected chi connectivity index (χ3v) is 4.42. The number of rotatable bonds is 6. The summed E-state index contributed by atoms with van der Waals surface area (Å²) in [5.74, 6) is 1.87. The molecule has 1 N–H and O–H groups in total. The number of amides is 1. The fraction of sp³-hybridized carbons (Fsp3) is 0.316. The topological polar surface area (TPSA) is 56.8 Å². The Labute approximate surface area is 155 Å². The second kappa shape index (κ2) is 8.25. The van der Waals surface area contributed by atoms with Gasteiger partial charge in [-0.15, -0.1) is 0 Å². The van der Waals surface area contributed by atoms with E-state index in [2.05, 4.69) is 28.2 Å². The first-order chi connectivity index (χ1) is 12.2. The summed E-state index contributed by atoms with van der Waals surface area (Å²) >= 11 is 3.45. The van der Waals surface area contributed by atoms with Gasteiger partial charge in [-0.3, -0.25) is 4.79 Å². The highest BCUT2D eigenvalue weighted by Crippen LogP contribution is 2.38. The summed E-state index contributed by atoms with van der Waals surface area (Å²) in [6.07, 6.45) is 2.10.